The molecule has 0 atom stereocenters. The molecule has 0 unspecified atom stereocenters. The molecule has 0 bridgehead atoms. The van der Waals surface area contributed by atoms with Gasteiger partial charge in [-0.2, -0.15) is 0 Å². The van der Waals surface area contributed by atoms with Gasteiger partial charge in [-0.25, -0.2) is 9.78 Å². The van der Waals surface area contributed by atoms with Crippen LogP contribution in [-0.4, -0.2) is 20.6 Å². The topological polar surface area (TPSA) is 72.2 Å². The molecule has 0 aliphatic heterocycles. The Hall–Kier alpha value is -2.95. The Morgan fingerprint density at radius 3 is 2.59 bits per heavy atom. The Morgan fingerprint density at radius 1 is 1.18 bits per heavy atom. The van der Waals surface area contributed by atoms with Crippen molar-refractivity contribution in [2.45, 2.75) is 6.42 Å². The summed E-state index contributed by atoms with van der Waals surface area (Å²) in [4.78, 5) is 27.8. The second-order valence-corrected chi connectivity index (χ2v) is 5.12. The van der Waals surface area contributed by atoms with Crippen LogP contribution in [0.2, 0.25) is 0 Å². The number of rotatable bonds is 3. The highest BCUT2D eigenvalue weighted by Crippen LogP contribution is 2.13. The predicted molar refractivity (Wildman–Crippen MR) is 83.2 cm³/mol. The molecule has 0 amide bonds. The molecule has 5 nitrogen and oxygen atoms in total. The lowest BCUT2D eigenvalue weighted by Crippen LogP contribution is -2.18. The number of aromatic carboxylic acids is 1. The molecule has 0 saturated heterocycles. The number of fused-ring (bicyclic) bond motifs is 1. The lowest BCUT2D eigenvalue weighted by atomic mass is 10.1. The van der Waals surface area contributed by atoms with Crippen LogP contribution in [0.3, 0.4) is 0 Å². The molecule has 110 valence electrons. The zero-order chi connectivity index (χ0) is 15.7. The summed E-state index contributed by atoms with van der Waals surface area (Å²) in [5.74, 6) is -1.23. The van der Waals surface area contributed by atoms with Crippen molar-refractivity contribution in [2.24, 2.45) is 7.05 Å². The summed E-state index contributed by atoms with van der Waals surface area (Å²) in [6.45, 7) is 0. The fraction of sp³-hybridized carbons (Fsp3) is 0.118. The average Bonchev–Trinajstić information content (AvgIpc) is 2.51. The fourth-order valence-corrected chi connectivity index (χ4v) is 2.45. The van der Waals surface area contributed by atoms with Crippen molar-refractivity contribution >= 4 is 17.0 Å². The molecule has 0 fully saturated rings. The van der Waals surface area contributed by atoms with E-state index >= 15 is 0 Å². The number of carboxylic acid groups (broad SMARTS) is 1. The molecule has 2 aromatic heterocycles. The molecule has 3 aromatic rings. The van der Waals surface area contributed by atoms with Crippen molar-refractivity contribution in [3.05, 3.63) is 75.7 Å². The van der Waals surface area contributed by atoms with Gasteiger partial charge in [-0.3, -0.25) is 4.79 Å². The van der Waals surface area contributed by atoms with Crippen molar-refractivity contribution in [3.8, 4) is 0 Å². The first-order valence-corrected chi connectivity index (χ1v) is 6.83. The molecule has 0 radical (unpaired) electrons. The second kappa shape index (κ2) is 5.44. The van der Waals surface area contributed by atoms with Gasteiger partial charge in [0.25, 0.3) is 0 Å². The first-order chi connectivity index (χ1) is 10.6. The molecule has 0 spiro atoms. The Bertz CT molecular complexity index is 914. The molecule has 0 aliphatic carbocycles. The van der Waals surface area contributed by atoms with E-state index in [-0.39, 0.29) is 5.56 Å². The van der Waals surface area contributed by atoms with E-state index in [2.05, 4.69) is 4.98 Å². The Morgan fingerprint density at radius 2 is 1.91 bits per heavy atom. The van der Waals surface area contributed by atoms with Crippen molar-refractivity contribution in [1.82, 2.24) is 9.55 Å². The average molecular weight is 294 g/mol. The summed E-state index contributed by atoms with van der Waals surface area (Å²) in [6, 6.07) is 13.3. The SMILES string of the molecule is Cn1cc(C(=O)O)c(=O)c2ccc(Cc3ccccc3)nc21. The molecular weight excluding hydrogens is 280 g/mol. The maximum absolute atomic E-state index is 12.2. The van der Waals surface area contributed by atoms with Crippen LogP contribution in [0.25, 0.3) is 11.0 Å². The van der Waals surface area contributed by atoms with E-state index in [4.69, 9.17) is 5.11 Å². The summed E-state index contributed by atoms with van der Waals surface area (Å²) in [7, 11) is 1.69. The van der Waals surface area contributed by atoms with Crippen LogP contribution in [0.1, 0.15) is 21.6 Å². The monoisotopic (exact) mass is 294 g/mol. The second-order valence-electron chi connectivity index (χ2n) is 5.12. The summed E-state index contributed by atoms with van der Waals surface area (Å²) in [6.07, 6.45) is 1.97. The van der Waals surface area contributed by atoms with Gasteiger partial charge in [0, 0.05) is 25.4 Å². The first-order valence-electron chi connectivity index (χ1n) is 6.83. The molecular formula is C17H14N2O3. The van der Waals surface area contributed by atoms with Crippen LogP contribution in [0.15, 0.2) is 53.5 Å². The number of benzene rings is 1. The number of aryl methyl sites for hydroxylation is 1. The number of hydrogen-bond acceptors (Lipinski definition) is 3. The van der Waals surface area contributed by atoms with Crippen molar-refractivity contribution in [1.29, 1.82) is 0 Å². The predicted octanol–water partition coefficient (Wildman–Crippen LogP) is 2.22. The fourth-order valence-electron chi connectivity index (χ4n) is 2.45. The Balaban J connectivity index is 2.11. The van der Waals surface area contributed by atoms with Crippen LogP contribution in [0.5, 0.6) is 0 Å². The lowest BCUT2D eigenvalue weighted by molar-refractivity contribution is 0.0695. The van der Waals surface area contributed by atoms with E-state index in [0.717, 1.165) is 11.3 Å². The molecule has 3 rings (SSSR count). The highest BCUT2D eigenvalue weighted by Gasteiger charge is 2.14. The third-order valence-corrected chi connectivity index (χ3v) is 3.54. The van der Waals surface area contributed by atoms with E-state index in [1.54, 1.807) is 23.7 Å². The highest BCUT2D eigenvalue weighted by atomic mass is 16.4. The number of carboxylic acids is 1. The van der Waals surface area contributed by atoms with E-state index in [1.807, 2.05) is 30.3 Å². The molecule has 22 heavy (non-hydrogen) atoms. The third kappa shape index (κ3) is 2.48. The normalized spacial score (nSPS) is 10.8. The molecule has 2 heterocycles. The van der Waals surface area contributed by atoms with Gasteiger partial charge in [0.1, 0.15) is 11.2 Å². The minimum atomic E-state index is -1.23. The van der Waals surface area contributed by atoms with Crippen molar-refractivity contribution in [3.63, 3.8) is 0 Å². The van der Waals surface area contributed by atoms with Gasteiger partial charge >= 0.3 is 5.97 Å². The maximum Gasteiger partial charge on any atom is 0.341 e. The van der Waals surface area contributed by atoms with Gasteiger partial charge in [-0.1, -0.05) is 30.3 Å². The minimum absolute atomic E-state index is 0.243. The lowest BCUT2D eigenvalue weighted by Gasteiger charge is -2.08. The molecule has 1 aromatic carbocycles. The van der Waals surface area contributed by atoms with Gasteiger partial charge in [-0.15, -0.1) is 0 Å². The molecule has 0 saturated carbocycles. The van der Waals surface area contributed by atoms with Crippen LogP contribution >= 0.6 is 0 Å². The standard InChI is InChI=1S/C17H14N2O3/c1-19-10-14(17(21)22)15(20)13-8-7-12(18-16(13)19)9-11-5-3-2-4-6-11/h2-8,10H,9H2,1H3,(H,21,22). The van der Waals surface area contributed by atoms with Crippen molar-refractivity contribution in [2.75, 3.05) is 0 Å². The summed E-state index contributed by atoms with van der Waals surface area (Å²) in [5.41, 5.74) is 1.70. The molecule has 5 heteroatoms. The molecule has 1 N–H and O–H groups in total. The van der Waals surface area contributed by atoms with Gasteiger partial charge in [0.2, 0.25) is 5.43 Å². The van der Waals surface area contributed by atoms with Crippen LogP contribution in [0, 0.1) is 0 Å². The first kappa shape index (κ1) is 14.0. The zero-order valence-electron chi connectivity index (χ0n) is 12.0. The van der Waals surface area contributed by atoms with Crippen molar-refractivity contribution < 1.29 is 9.90 Å². The number of hydrogen-bond donors (Lipinski definition) is 1. The smallest absolute Gasteiger partial charge is 0.341 e. The van der Waals surface area contributed by atoms with Gasteiger partial charge in [-0.05, 0) is 17.7 Å². The van der Waals surface area contributed by atoms with Gasteiger partial charge < -0.3 is 9.67 Å². The minimum Gasteiger partial charge on any atom is -0.477 e. The quantitative estimate of drug-likeness (QED) is 0.804. The van der Waals surface area contributed by atoms with E-state index < -0.39 is 11.4 Å². The maximum atomic E-state index is 12.2. The number of aromatic nitrogens is 2. The number of pyridine rings is 2. The highest BCUT2D eigenvalue weighted by molar-refractivity contribution is 5.91. The Kier molecular flexibility index (Phi) is 3.47. The summed E-state index contributed by atoms with van der Waals surface area (Å²) in [5, 5.41) is 9.38. The molecule has 0 aliphatic rings. The summed E-state index contributed by atoms with van der Waals surface area (Å²) < 4.78 is 1.58. The largest absolute Gasteiger partial charge is 0.477 e. The van der Waals surface area contributed by atoms with Crippen LogP contribution in [0.4, 0.5) is 0 Å². The van der Waals surface area contributed by atoms with E-state index in [1.165, 1.54) is 6.20 Å². The third-order valence-electron chi connectivity index (χ3n) is 3.54. The van der Waals surface area contributed by atoms with Gasteiger partial charge in [0.05, 0.1) is 5.39 Å². The number of carbonyl (C=O) groups is 1. The Labute approximate surface area is 126 Å². The van der Waals surface area contributed by atoms with Gasteiger partial charge in [0.15, 0.2) is 0 Å². The number of nitrogens with zero attached hydrogens (tertiary/aromatic N) is 2. The zero-order valence-corrected chi connectivity index (χ0v) is 12.0. The summed E-state index contributed by atoms with van der Waals surface area (Å²) >= 11 is 0. The van der Waals surface area contributed by atoms with E-state index in [0.29, 0.717) is 17.5 Å². The van der Waals surface area contributed by atoms with Crippen LogP contribution < -0.4 is 5.43 Å². The van der Waals surface area contributed by atoms with E-state index in [9.17, 15) is 9.59 Å². The van der Waals surface area contributed by atoms with Crippen LogP contribution in [-0.2, 0) is 13.5 Å².